The molecule has 1 heterocycles. The van der Waals surface area contributed by atoms with E-state index in [2.05, 4.69) is 20.8 Å². The van der Waals surface area contributed by atoms with Crippen molar-refractivity contribution >= 4 is 15.9 Å². The Kier molecular flexibility index (Phi) is 4.65. The molecule has 100 valence electrons. The number of rotatable bonds is 3. The van der Waals surface area contributed by atoms with Crippen LogP contribution in [0.1, 0.15) is 24.0 Å². The van der Waals surface area contributed by atoms with Crippen LogP contribution >= 0.6 is 15.9 Å². The second-order valence-electron chi connectivity index (χ2n) is 4.94. The first-order valence-electron chi connectivity index (χ1n) is 6.33. The molecule has 1 aromatic carbocycles. The first-order chi connectivity index (χ1) is 8.60. The number of phenols is 1. The molecule has 0 amide bonds. The molecule has 4 heteroatoms. The molecule has 1 aliphatic heterocycles. The van der Waals surface area contributed by atoms with Crippen molar-refractivity contribution in [2.24, 2.45) is 0 Å². The average molecular weight is 314 g/mol. The van der Waals surface area contributed by atoms with E-state index in [4.69, 9.17) is 4.74 Å². The fourth-order valence-electron chi connectivity index (χ4n) is 2.47. The van der Waals surface area contributed by atoms with Gasteiger partial charge in [0.15, 0.2) is 0 Å². The third kappa shape index (κ3) is 3.25. The van der Waals surface area contributed by atoms with Crippen molar-refractivity contribution in [1.82, 2.24) is 4.90 Å². The quantitative estimate of drug-likeness (QED) is 0.931. The van der Waals surface area contributed by atoms with E-state index >= 15 is 0 Å². The standard InChI is InChI=1S/C14H20BrNO2/c1-10-7-12(15)8-11(14(10)17)9-16-5-3-13(18-2)4-6-16/h7-8,13,17H,3-6,9H2,1-2H3. The SMILES string of the molecule is COC1CCN(Cc2cc(Br)cc(C)c2O)CC1. The van der Waals surface area contributed by atoms with Gasteiger partial charge in [0.1, 0.15) is 5.75 Å². The van der Waals surface area contributed by atoms with Gasteiger partial charge in [-0.25, -0.2) is 0 Å². The monoisotopic (exact) mass is 313 g/mol. The first-order valence-corrected chi connectivity index (χ1v) is 7.12. The zero-order valence-electron chi connectivity index (χ0n) is 10.9. The van der Waals surface area contributed by atoms with E-state index < -0.39 is 0 Å². The minimum Gasteiger partial charge on any atom is -0.507 e. The third-order valence-electron chi connectivity index (χ3n) is 3.61. The average Bonchev–Trinajstić information content (AvgIpc) is 2.36. The van der Waals surface area contributed by atoms with Crippen LogP contribution < -0.4 is 0 Å². The van der Waals surface area contributed by atoms with Gasteiger partial charge in [-0.15, -0.1) is 0 Å². The van der Waals surface area contributed by atoms with Crippen LogP contribution in [0.15, 0.2) is 16.6 Å². The summed E-state index contributed by atoms with van der Waals surface area (Å²) in [5.41, 5.74) is 1.92. The molecule has 1 N–H and O–H groups in total. The van der Waals surface area contributed by atoms with Crippen LogP contribution in [0.25, 0.3) is 0 Å². The number of methoxy groups -OCH3 is 1. The highest BCUT2D eigenvalue weighted by Gasteiger charge is 2.19. The summed E-state index contributed by atoms with van der Waals surface area (Å²) in [7, 11) is 1.78. The molecule has 2 rings (SSSR count). The largest absolute Gasteiger partial charge is 0.507 e. The molecule has 1 fully saturated rings. The Balaban J connectivity index is 2.02. The first kappa shape index (κ1) is 13.8. The Morgan fingerprint density at radius 1 is 1.39 bits per heavy atom. The molecule has 18 heavy (non-hydrogen) atoms. The summed E-state index contributed by atoms with van der Waals surface area (Å²) in [6, 6.07) is 3.95. The van der Waals surface area contributed by atoms with Crippen molar-refractivity contribution in [3.05, 3.63) is 27.7 Å². The summed E-state index contributed by atoms with van der Waals surface area (Å²) in [5, 5.41) is 10.1. The van der Waals surface area contributed by atoms with E-state index in [1.165, 1.54) is 0 Å². The molecule has 0 atom stereocenters. The maximum Gasteiger partial charge on any atom is 0.123 e. The zero-order valence-corrected chi connectivity index (χ0v) is 12.5. The molecule has 0 unspecified atom stereocenters. The molecule has 0 spiro atoms. The Morgan fingerprint density at radius 3 is 2.67 bits per heavy atom. The predicted octanol–water partition coefficient (Wildman–Crippen LogP) is 3.07. The zero-order chi connectivity index (χ0) is 13.1. The summed E-state index contributed by atoms with van der Waals surface area (Å²) in [5.74, 6) is 0.423. The fourth-order valence-corrected chi connectivity index (χ4v) is 3.09. The van der Waals surface area contributed by atoms with Gasteiger partial charge in [0.2, 0.25) is 0 Å². The molecule has 0 bridgehead atoms. The third-order valence-corrected chi connectivity index (χ3v) is 4.06. The number of halogens is 1. The fraction of sp³-hybridized carbons (Fsp3) is 0.571. The van der Waals surface area contributed by atoms with Crippen LogP contribution in [-0.4, -0.2) is 36.3 Å². The lowest BCUT2D eigenvalue weighted by Gasteiger charge is -2.31. The number of aryl methyl sites for hydroxylation is 1. The lowest BCUT2D eigenvalue weighted by Crippen LogP contribution is -2.36. The van der Waals surface area contributed by atoms with E-state index in [-0.39, 0.29) is 0 Å². The molecule has 1 aromatic rings. The van der Waals surface area contributed by atoms with Crippen molar-refractivity contribution in [2.45, 2.75) is 32.4 Å². The number of hydrogen-bond acceptors (Lipinski definition) is 3. The lowest BCUT2D eigenvalue weighted by atomic mass is 10.1. The maximum atomic E-state index is 10.1. The Labute approximate surface area is 117 Å². The van der Waals surface area contributed by atoms with Crippen LogP contribution in [0.3, 0.4) is 0 Å². The molecule has 0 saturated carbocycles. The number of piperidine rings is 1. The van der Waals surface area contributed by atoms with Crippen molar-refractivity contribution in [1.29, 1.82) is 0 Å². The number of benzene rings is 1. The molecule has 3 nitrogen and oxygen atoms in total. The highest BCUT2D eigenvalue weighted by atomic mass is 79.9. The van der Waals surface area contributed by atoms with Gasteiger partial charge in [0.05, 0.1) is 6.10 Å². The van der Waals surface area contributed by atoms with Gasteiger partial charge in [-0.3, -0.25) is 4.90 Å². The van der Waals surface area contributed by atoms with Gasteiger partial charge in [0.25, 0.3) is 0 Å². The topological polar surface area (TPSA) is 32.7 Å². The van der Waals surface area contributed by atoms with Crippen LogP contribution in [0.2, 0.25) is 0 Å². The Hall–Kier alpha value is -0.580. The number of ether oxygens (including phenoxy) is 1. The van der Waals surface area contributed by atoms with E-state index in [1.54, 1.807) is 7.11 Å². The molecule has 0 aromatic heterocycles. The van der Waals surface area contributed by atoms with E-state index in [0.29, 0.717) is 11.9 Å². The normalized spacial score (nSPS) is 18.2. The predicted molar refractivity (Wildman–Crippen MR) is 75.9 cm³/mol. The summed E-state index contributed by atoms with van der Waals surface area (Å²) in [6.07, 6.45) is 2.55. The molecule has 0 radical (unpaired) electrons. The van der Waals surface area contributed by atoms with Crippen molar-refractivity contribution < 1.29 is 9.84 Å². The molecule has 1 saturated heterocycles. The number of hydrogen-bond donors (Lipinski definition) is 1. The van der Waals surface area contributed by atoms with Gasteiger partial charge >= 0.3 is 0 Å². The number of likely N-dealkylation sites (tertiary alicyclic amines) is 1. The van der Waals surface area contributed by atoms with Gasteiger partial charge in [-0.2, -0.15) is 0 Å². The minimum absolute atomic E-state index is 0.402. The second-order valence-corrected chi connectivity index (χ2v) is 5.86. The highest BCUT2D eigenvalue weighted by molar-refractivity contribution is 9.10. The van der Waals surface area contributed by atoms with E-state index in [9.17, 15) is 5.11 Å². The lowest BCUT2D eigenvalue weighted by molar-refractivity contribution is 0.0387. The summed E-state index contributed by atoms with van der Waals surface area (Å²) >= 11 is 3.48. The van der Waals surface area contributed by atoms with Gasteiger partial charge in [-0.1, -0.05) is 15.9 Å². The van der Waals surface area contributed by atoms with E-state index in [1.807, 2.05) is 19.1 Å². The Bertz CT molecular complexity index is 415. The highest BCUT2D eigenvalue weighted by Crippen LogP contribution is 2.28. The van der Waals surface area contributed by atoms with E-state index in [0.717, 1.165) is 48.1 Å². The molecular weight excluding hydrogens is 294 g/mol. The van der Waals surface area contributed by atoms with Crippen molar-refractivity contribution in [2.75, 3.05) is 20.2 Å². The molecule has 0 aliphatic carbocycles. The summed E-state index contributed by atoms with van der Waals surface area (Å²) in [4.78, 5) is 2.37. The van der Waals surface area contributed by atoms with Crippen LogP contribution in [0, 0.1) is 6.92 Å². The van der Waals surface area contributed by atoms with Crippen LogP contribution in [-0.2, 0) is 11.3 Å². The van der Waals surface area contributed by atoms with Crippen LogP contribution in [0.5, 0.6) is 5.75 Å². The number of nitrogens with zero attached hydrogens (tertiary/aromatic N) is 1. The van der Waals surface area contributed by atoms with Gasteiger partial charge < -0.3 is 9.84 Å². The van der Waals surface area contributed by atoms with Crippen molar-refractivity contribution in [3.63, 3.8) is 0 Å². The molecule has 1 aliphatic rings. The maximum absolute atomic E-state index is 10.1. The number of phenolic OH excluding ortho intramolecular Hbond substituents is 1. The minimum atomic E-state index is 0.402. The Morgan fingerprint density at radius 2 is 2.06 bits per heavy atom. The summed E-state index contributed by atoms with van der Waals surface area (Å²) in [6.45, 7) is 4.80. The van der Waals surface area contributed by atoms with Gasteiger partial charge in [-0.05, 0) is 37.5 Å². The van der Waals surface area contributed by atoms with Crippen LogP contribution in [0.4, 0.5) is 0 Å². The number of aromatic hydroxyl groups is 1. The second kappa shape index (κ2) is 6.04. The summed E-state index contributed by atoms with van der Waals surface area (Å²) < 4.78 is 6.40. The van der Waals surface area contributed by atoms with Gasteiger partial charge in [0, 0.05) is 36.8 Å². The molecular formula is C14H20BrNO2. The smallest absolute Gasteiger partial charge is 0.123 e. The van der Waals surface area contributed by atoms with Crippen molar-refractivity contribution in [3.8, 4) is 5.75 Å².